The van der Waals surface area contributed by atoms with E-state index in [1.54, 1.807) is 41.9 Å². The normalized spacial score (nSPS) is 12.0. The van der Waals surface area contributed by atoms with Crippen LogP contribution in [0.15, 0.2) is 87.0 Å². The Morgan fingerprint density at radius 2 is 1.77 bits per heavy atom. The summed E-state index contributed by atoms with van der Waals surface area (Å²) in [5.74, 6) is 0.615. The molecule has 26 heavy (non-hydrogen) atoms. The van der Waals surface area contributed by atoms with E-state index in [0.29, 0.717) is 12.3 Å². The molecule has 2 aromatic heterocycles. The zero-order valence-electron chi connectivity index (χ0n) is 13.9. The van der Waals surface area contributed by atoms with Gasteiger partial charge in [-0.2, -0.15) is 15.6 Å². The van der Waals surface area contributed by atoms with Crippen molar-refractivity contribution in [2.45, 2.75) is 18.0 Å². The molecule has 0 aliphatic carbocycles. The summed E-state index contributed by atoms with van der Waals surface area (Å²) in [6.45, 7) is 0.497. The first-order valence-electron chi connectivity index (χ1n) is 8.15. The van der Waals surface area contributed by atoms with E-state index in [1.165, 1.54) is 4.31 Å². The molecule has 2 heterocycles. The second-order valence-electron chi connectivity index (χ2n) is 5.99. The Hall–Kier alpha value is -2.41. The fourth-order valence-corrected chi connectivity index (χ4v) is 4.96. The van der Waals surface area contributed by atoms with Gasteiger partial charge in [0.05, 0.1) is 17.7 Å². The molecule has 0 saturated heterocycles. The Balaban J connectivity index is 1.73. The van der Waals surface area contributed by atoms with Gasteiger partial charge in [0.25, 0.3) is 0 Å². The monoisotopic (exact) mass is 383 g/mol. The van der Waals surface area contributed by atoms with Crippen LogP contribution in [-0.4, -0.2) is 12.7 Å². The molecule has 4 rings (SSSR count). The predicted octanol–water partition coefficient (Wildman–Crippen LogP) is 4.89. The molecule has 2 aromatic carbocycles. The summed E-state index contributed by atoms with van der Waals surface area (Å²) in [4.78, 5) is 0.290. The number of rotatable bonds is 6. The third-order valence-corrected chi connectivity index (χ3v) is 6.73. The third kappa shape index (κ3) is 3.44. The molecular weight excluding hydrogens is 366 g/mol. The van der Waals surface area contributed by atoms with Crippen LogP contribution < -0.4 is 0 Å². The van der Waals surface area contributed by atoms with Crippen molar-refractivity contribution in [1.82, 2.24) is 4.31 Å². The van der Waals surface area contributed by atoms with Gasteiger partial charge in [0.15, 0.2) is 0 Å². The van der Waals surface area contributed by atoms with Crippen LogP contribution in [0.2, 0.25) is 0 Å². The second kappa shape index (κ2) is 7.07. The summed E-state index contributed by atoms with van der Waals surface area (Å²) in [6, 6.07) is 18.5. The zero-order valence-corrected chi connectivity index (χ0v) is 15.5. The number of nitrogens with zero attached hydrogens (tertiary/aromatic N) is 1. The number of fused-ring (bicyclic) bond motifs is 1. The molecule has 0 saturated carbocycles. The molecule has 4 aromatic rings. The molecule has 0 aliphatic rings. The Morgan fingerprint density at radius 3 is 2.50 bits per heavy atom. The minimum Gasteiger partial charge on any atom is -0.468 e. The molecule has 132 valence electrons. The molecule has 0 N–H and O–H groups in total. The van der Waals surface area contributed by atoms with Crippen LogP contribution in [0, 0.1) is 0 Å². The van der Waals surface area contributed by atoms with E-state index in [9.17, 15) is 8.42 Å². The summed E-state index contributed by atoms with van der Waals surface area (Å²) < 4.78 is 33.5. The maximum atomic E-state index is 13.3. The quantitative estimate of drug-likeness (QED) is 0.476. The highest BCUT2D eigenvalue weighted by atomic mass is 32.2. The molecule has 0 amide bonds. The van der Waals surface area contributed by atoms with E-state index in [0.717, 1.165) is 16.3 Å². The van der Waals surface area contributed by atoms with E-state index < -0.39 is 10.0 Å². The second-order valence-corrected chi connectivity index (χ2v) is 8.71. The predicted molar refractivity (Wildman–Crippen MR) is 103 cm³/mol. The van der Waals surface area contributed by atoms with Gasteiger partial charge in [0, 0.05) is 6.54 Å². The zero-order chi connectivity index (χ0) is 18.0. The van der Waals surface area contributed by atoms with Gasteiger partial charge in [0.1, 0.15) is 5.76 Å². The minimum atomic E-state index is -3.67. The number of hydrogen-bond acceptors (Lipinski definition) is 4. The first-order valence-corrected chi connectivity index (χ1v) is 10.5. The number of benzene rings is 2. The maximum absolute atomic E-state index is 13.3. The lowest BCUT2D eigenvalue weighted by Crippen LogP contribution is -2.30. The van der Waals surface area contributed by atoms with Crippen molar-refractivity contribution in [2.75, 3.05) is 0 Å². The van der Waals surface area contributed by atoms with Crippen LogP contribution in [0.3, 0.4) is 0 Å². The van der Waals surface area contributed by atoms with Gasteiger partial charge in [-0.15, -0.1) is 0 Å². The summed E-state index contributed by atoms with van der Waals surface area (Å²) in [6.07, 6.45) is 1.56. The van der Waals surface area contributed by atoms with Crippen molar-refractivity contribution < 1.29 is 12.8 Å². The molecule has 0 unspecified atom stereocenters. The number of furan rings is 1. The van der Waals surface area contributed by atoms with Gasteiger partial charge in [0.2, 0.25) is 10.0 Å². The maximum Gasteiger partial charge on any atom is 0.243 e. The first-order chi connectivity index (χ1) is 12.6. The molecule has 0 fully saturated rings. The molecule has 6 heteroatoms. The van der Waals surface area contributed by atoms with E-state index in [-0.39, 0.29) is 11.4 Å². The van der Waals surface area contributed by atoms with Gasteiger partial charge in [-0.1, -0.05) is 30.3 Å². The van der Waals surface area contributed by atoms with Crippen LogP contribution >= 0.6 is 11.3 Å². The lowest BCUT2D eigenvalue weighted by atomic mass is 10.1. The molecule has 0 atom stereocenters. The molecule has 4 nitrogen and oxygen atoms in total. The molecule has 0 spiro atoms. The average Bonchev–Trinajstić information content (AvgIpc) is 3.35. The number of thiophene rings is 1. The van der Waals surface area contributed by atoms with Gasteiger partial charge >= 0.3 is 0 Å². The standard InChI is InChI=1S/C20H17NO3S2/c22-26(23,20-8-7-17-4-1-2-5-18(17)12-20)21(13-16-9-11-25-15-16)14-19-6-3-10-24-19/h1-12,15H,13-14H2. The topological polar surface area (TPSA) is 50.5 Å². The highest BCUT2D eigenvalue weighted by molar-refractivity contribution is 7.89. The van der Waals surface area contributed by atoms with Crippen molar-refractivity contribution >= 4 is 32.1 Å². The van der Waals surface area contributed by atoms with Gasteiger partial charge in [-0.3, -0.25) is 0 Å². The Bertz CT molecular complexity index is 1060. The summed E-state index contributed by atoms with van der Waals surface area (Å²) >= 11 is 1.55. The smallest absolute Gasteiger partial charge is 0.243 e. The van der Waals surface area contributed by atoms with Crippen molar-refractivity contribution in [2.24, 2.45) is 0 Å². The fourth-order valence-electron chi connectivity index (χ4n) is 2.87. The first kappa shape index (κ1) is 17.0. The van der Waals surface area contributed by atoms with Crippen LogP contribution in [0.25, 0.3) is 10.8 Å². The van der Waals surface area contributed by atoms with Gasteiger partial charge in [-0.05, 0) is 57.4 Å². The third-order valence-electron chi connectivity index (χ3n) is 4.21. The summed E-state index contributed by atoms with van der Waals surface area (Å²) in [5.41, 5.74) is 0.964. The SMILES string of the molecule is O=S(=O)(c1ccc2ccccc2c1)N(Cc1ccsc1)Cc1ccco1. The van der Waals surface area contributed by atoms with E-state index >= 15 is 0 Å². The van der Waals surface area contributed by atoms with Crippen LogP contribution in [0.4, 0.5) is 0 Å². The van der Waals surface area contributed by atoms with Gasteiger partial charge in [-0.25, -0.2) is 8.42 Å². The fraction of sp³-hybridized carbons (Fsp3) is 0.100. The Morgan fingerprint density at radius 1 is 0.923 bits per heavy atom. The summed E-state index contributed by atoms with van der Waals surface area (Å²) in [5, 5.41) is 5.83. The van der Waals surface area contributed by atoms with Crippen molar-refractivity contribution in [1.29, 1.82) is 0 Å². The summed E-state index contributed by atoms with van der Waals surface area (Å²) in [7, 11) is -3.67. The van der Waals surface area contributed by atoms with Crippen LogP contribution in [-0.2, 0) is 23.1 Å². The molecule has 0 radical (unpaired) electrons. The van der Waals surface area contributed by atoms with E-state index in [1.807, 2.05) is 47.2 Å². The molecule has 0 aliphatic heterocycles. The Labute approximate surface area is 156 Å². The van der Waals surface area contributed by atoms with Crippen molar-refractivity contribution in [3.8, 4) is 0 Å². The lowest BCUT2D eigenvalue weighted by molar-refractivity contribution is 0.359. The number of sulfonamides is 1. The highest BCUT2D eigenvalue weighted by Crippen LogP contribution is 2.25. The molecule has 0 bridgehead atoms. The number of hydrogen-bond donors (Lipinski definition) is 0. The van der Waals surface area contributed by atoms with Crippen molar-refractivity contribution in [3.63, 3.8) is 0 Å². The van der Waals surface area contributed by atoms with Gasteiger partial charge < -0.3 is 4.42 Å². The largest absolute Gasteiger partial charge is 0.468 e. The van der Waals surface area contributed by atoms with Crippen molar-refractivity contribution in [3.05, 3.63) is 89.0 Å². The Kier molecular flexibility index (Phi) is 4.63. The lowest BCUT2D eigenvalue weighted by Gasteiger charge is -2.21. The van der Waals surface area contributed by atoms with Crippen LogP contribution in [0.1, 0.15) is 11.3 Å². The molecular formula is C20H17NO3S2. The highest BCUT2D eigenvalue weighted by Gasteiger charge is 2.26. The van der Waals surface area contributed by atoms with E-state index in [4.69, 9.17) is 4.42 Å². The minimum absolute atomic E-state index is 0.192. The van der Waals surface area contributed by atoms with Crippen LogP contribution in [0.5, 0.6) is 0 Å². The average molecular weight is 383 g/mol. The van der Waals surface area contributed by atoms with E-state index in [2.05, 4.69) is 0 Å².